The summed E-state index contributed by atoms with van der Waals surface area (Å²) >= 11 is 0. The van der Waals surface area contributed by atoms with Crippen LogP contribution in [0.1, 0.15) is 27.6 Å². The largest absolute Gasteiger partial charge is 0.496 e. The van der Waals surface area contributed by atoms with E-state index in [4.69, 9.17) is 9.15 Å². The van der Waals surface area contributed by atoms with Gasteiger partial charge in [0.1, 0.15) is 11.9 Å². The number of aliphatic hydroxyl groups excluding tert-OH is 1. The van der Waals surface area contributed by atoms with Crippen LogP contribution in [0, 0.1) is 0 Å². The normalized spacial score (nSPS) is 12.3. The maximum Gasteiger partial charge on any atom is 0.195 e. The van der Waals surface area contributed by atoms with Gasteiger partial charge in [-0.1, -0.05) is 54.6 Å². The molecule has 1 unspecified atom stereocenters. The number of hydrogen-bond donors (Lipinski definition) is 1. The number of aliphatic hydroxyl groups is 1. The van der Waals surface area contributed by atoms with Crippen LogP contribution in [0.3, 0.4) is 0 Å². The zero-order valence-corrected chi connectivity index (χ0v) is 18.5. The number of carbonyl (C=O) groups excluding carboxylic acids is 1. The van der Waals surface area contributed by atoms with Crippen LogP contribution in [0.15, 0.2) is 94.7 Å². The number of nitrogens with zero attached hydrogens (tertiary/aromatic N) is 1. The number of aromatic nitrogens is 1. The highest BCUT2D eigenvalue weighted by Crippen LogP contribution is 2.40. The predicted octanol–water partition coefficient (Wildman–Crippen LogP) is 4.24. The van der Waals surface area contributed by atoms with Crippen molar-refractivity contribution in [2.45, 2.75) is 16.8 Å². The number of rotatable bonds is 8. The molecule has 1 aromatic heterocycles. The number of ketones is 1. The van der Waals surface area contributed by atoms with Crippen molar-refractivity contribution in [1.82, 2.24) is 4.98 Å². The highest BCUT2D eigenvalue weighted by atomic mass is 32.2. The second-order valence-electron chi connectivity index (χ2n) is 7.29. The first-order valence-electron chi connectivity index (χ1n) is 10.1. The summed E-state index contributed by atoms with van der Waals surface area (Å²) in [4.78, 5) is 17.2. The minimum atomic E-state index is -3.77. The first-order valence-corrected chi connectivity index (χ1v) is 11.7. The zero-order chi connectivity index (χ0) is 23.4. The molecule has 0 amide bonds. The fraction of sp³-hybridized carbons (Fsp3) is 0.120. The van der Waals surface area contributed by atoms with Gasteiger partial charge in [-0.3, -0.25) is 4.79 Å². The van der Waals surface area contributed by atoms with E-state index >= 15 is 0 Å². The lowest BCUT2D eigenvalue weighted by molar-refractivity contribution is 0.0741. The molecule has 0 aliphatic rings. The third kappa shape index (κ3) is 4.57. The summed E-state index contributed by atoms with van der Waals surface area (Å²) in [5, 5.41) is 11.2. The number of methoxy groups -OCH3 is 1. The molecule has 0 saturated heterocycles. The van der Waals surface area contributed by atoms with Gasteiger partial charge in [0.2, 0.25) is 0 Å². The average Bonchev–Trinajstić information content (AvgIpc) is 3.38. The molecule has 0 radical (unpaired) electrons. The van der Waals surface area contributed by atoms with Crippen LogP contribution >= 0.6 is 0 Å². The summed E-state index contributed by atoms with van der Waals surface area (Å²) in [6.07, 6.45) is 1.05. The lowest BCUT2D eigenvalue weighted by Gasteiger charge is -2.20. The van der Waals surface area contributed by atoms with E-state index in [0.717, 1.165) is 0 Å². The first kappa shape index (κ1) is 22.4. The Balaban J connectivity index is 1.87. The molecule has 1 heterocycles. The number of hydrogen-bond acceptors (Lipinski definition) is 7. The van der Waals surface area contributed by atoms with E-state index in [2.05, 4.69) is 4.98 Å². The van der Waals surface area contributed by atoms with Crippen LogP contribution in [0.5, 0.6) is 5.75 Å². The lowest BCUT2D eigenvalue weighted by Crippen LogP contribution is -2.17. The van der Waals surface area contributed by atoms with Crippen LogP contribution in [-0.2, 0) is 15.6 Å². The van der Waals surface area contributed by atoms with Crippen LogP contribution in [0.4, 0.5) is 0 Å². The van der Waals surface area contributed by atoms with E-state index < -0.39 is 27.5 Å². The molecule has 4 aromatic rings. The molecular formula is C25H21NO6S. The van der Waals surface area contributed by atoms with Gasteiger partial charge in [0.05, 0.1) is 29.5 Å². The van der Waals surface area contributed by atoms with Crippen molar-refractivity contribution >= 4 is 15.6 Å². The molecule has 8 heteroatoms. The van der Waals surface area contributed by atoms with Crippen molar-refractivity contribution in [3.8, 4) is 17.1 Å². The molecule has 4 rings (SSSR count). The molecule has 1 N–H and O–H groups in total. The molecule has 0 bridgehead atoms. The zero-order valence-electron chi connectivity index (χ0n) is 17.7. The van der Waals surface area contributed by atoms with Gasteiger partial charge in [0.15, 0.2) is 27.8 Å². The highest BCUT2D eigenvalue weighted by Gasteiger charge is 2.30. The van der Waals surface area contributed by atoms with E-state index in [0.29, 0.717) is 11.3 Å². The van der Waals surface area contributed by atoms with E-state index in [1.807, 2.05) is 0 Å². The second kappa shape index (κ2) is 9.40. The number of benzene rings is 3. The Hall–Kier alpha value is -3.75. The SMILES string of the molecule is COc1c(-c2cnco2)ccc(CS(=O)(=O)c2ccccc2)c1C(O)C(=O)c1ccccc1. The summed E-state index contributed by atoms with van der Waals surface area (Å²) in [6.45, 7) is 0. The highest BCUT2D eigenvalue weighted by molar-refractivity contribution is 7.90. The predicted molar refractivity (Wildman–Crippen MR) is 122 cm³/mol. The monoisotopic (exact) mass is 463 g/mol. The molecular weight excluding hydrogens is 442 g/mol. The van der Waals surface area contributed by atoms with Crippen LogP contribution < -0.4 is 4.74 Å². The number of oxazole rings is 1. The summed E-state index contributed by atoms with van der Waals surface area (Å²) in [6, 6.07) is 19.5. The molecule has 0 fully saturated rings. The number of sulfone groups is 1. The topological polar surface area (TPSA) is 107 Å². The first-order chi connectivity index (χ1) is 15.9. The van der Waals surface area contributed by atoms with Gasteiger partial charge in [-0.05, 0) is 23.8 Å². The minimum absolute atomic E-state index is 0.0692. The standard InChI is InChI=1S/C25H21NO6S/c1-31-25-20(21-14-26-16-32-21)13-12-18(15-33(29,30)19-10-6-3-7-11-19)22(25)24(28)23(27)17-8-4-2-5-9-17/h2-14,16,24,28H,15H2,1H3. The maximum atomic E-state index is 13.1. The van der Waals surface area contributed by atoms with Gasteiger partial charge in [-0.15, -0.1) is 0 Å². The van der Waals surface area contributed by atoms with Crippen molar-refractivity contribution < 1.29 is 27.5 Å². The van der Waals surface area contributed by atoms with Crippen molar-refractivity contribution in [3.05, 3.63) is 102 Å². The van der Waals surface area contributed by atoms with E-state index in [-0.39, 0.29) is 27.3 Å². The van der Waals surface area contributed by atoms with Crippen molar-refractivity contribution in [2.24, 2.45) is 0 Å². The third-order valence-electron chi connectivity index (χ3n) is 5.22. The van der Waals surface area contributed by atoms with E-state index in [1.54, 1.807) is 60.7 Å². The number of Topliss-reactive ketones (excluding diaryl/α,β-unsaturated/α-hetero) is 1. The average molecular weight is 464 g/mol. The third-order valence-corrected chi connectivity index (χ3v) is 6.90. The molecule has 3 aromatic carbocycles. The van der Waals surface area contributed by atoms with Gasteiger partial charge < -0.3 is 14.3 Å². The Morgan fingerprint density at radius 3 is 2.30 bits per heavy atom. The minimum Gasteiger partial charge on any atom is -0.496 e. The summed E-state index contributed by atoms with van der Waals surface area (Å²) in [5.41, 5.74) is 1.04. The number of ether oxygens (including phenoxy) is 1. The van der Waals surface area contributed by atoms with Crippen molar-refractivity contribution in [3.63, 3.8) is 0 Å². The molecule has 33 heavy (non-hydrogen) atoms. The molecule has 0 spiro atoms. The van der Waals surface area contributed by atoms with Crippen molar-refractivity contribution in [2.75, 3.05) is 7.11 Å². The Morgan fingerprint density at radius 2 is 1.70 bits per heavy atom. The molecule has 1 atom stereocenters. The van der Waals surface area contributed by atoms with Gasteiger partial charge in [-0.25, -0.2) is 13.4 Å². The summed E-state index contributed by atoms with van der Waals surface area (Å²) in [7, 11) is -2.38. The van der Waals surface area contributed by atoms with Crippen LogP contribution in [0.25, 0.3) is 11.3 Å². The molecule has 0 aliphatic heterocycles. The Labute approximate surface area is 191 Å². The molecule has 0 aliphatic carbocycles. The molecule has 7 nitrogen and oxygen atoms in total. The van der Waals surface area contributed by atoms with Gasteiger partial charge >= 0.3 is 0 Å². The fourth-order valence-corrected chi connectivity index (χ4v) is 5.04. The number of carbonyl (C=O) groups is 1. The fourth-order valence-electron chi connectivity index (χ4n) is 3.64. The van der Waals surface area contributed by atoms with Gasteiger partial charge in [0.25, 0.3) is 0 Å². The Kier molecular flexibility index (Phi) is 6.39. The summed E-state index contributed by atoms with van der Waals surface area (Å²) < 4.78 is 37.1. The second-order valence-corrected chi connectivity index (χ2v) is 9.28. The van der Waals surface area contributed by atoms with Crippen LogP contribution in [0.2, 0.25) is 0 Å². The quantitative estimate of drug-likeness (QED) is 0.390. The summed E-state index contributed by atoms with van der Waals surface area (Å²) in [5.74, 6) is -0.519. The Morgan fingerprint density at radius 1 is 1.03 bits per heavy atom. The molecule has 0 saturated carbocycles. The maximum absolute atomic E-state index is 13.1. The van der Waals surface area contributed by atoms with Crippen LogP contribution in [-0.4, -0.2) is 31.4 Å². The van der Waals surface area contributed by atoms with E-state index in [9.17, 15) is 18.3 Å². The van der Waals surface area contributed by atoms with Crippen molar-refractivity contribution in [1.29, 1.82) is 0 Å². The van der Waals surface area contributed by atoms with Gasteiger partial charge in [0, 0.05) is 11.1 Å². The lowest BCUT2D eigenvalue weighted by atomic mass is 9.93. The van der Waals surface area contributed by atoms with Gasteiger partial charge in [-0.2, -0.15) is 0 Å². The Bertz CT molecular complexity index is 1350. The van der Waals surface area contributed by atoms with E-state index in [1.165, 1.54) is 31.8 Å². The smallest absolute Gasteiger partial charge is 0.195 e. The molecule has 168 valence electrons.